The fourth-order valence-corrected chi connectivity index (χ4v) is 1.46. The lowest BCUT2D eigenvalue weighted by atomic mass is 10.1. The summed E-state index contributed by atoms with van der Waals surface area (Å²) in [5.74, 6) is 4.21. The minimum atomic E-state index is -0.606. The summed E-state index contributed by atoms with van der Waals surface area (Å²) >= 11 is 0. The number of nitrogens with one attached hydrogen (secondary N) is 2. The molecule has 0 bridgehead atoms. The summed E-state index contributed by atoms with van der Waals surface area (Å²) < 4.78 is 0. The largest absolute Gasteiger partial charge is 0.507 e. The van der Waals surface area contributed by atoms with Crippen LogP contribution in [0.3, 0.4) is 0 Å². The van der Waals surface area contributed by atoms with E-state index in [1.54, 1.807) is 0 Å². The second-order valence-corrected chi connectivity index (χ2v) is 3.97. The number of anilines is 1. The van der Waals surface area contributed by atoms with E-state index < -0.39 is 5.91 Å². The van der Waals surface area contributed by atoms with E-state index in [1.165, 1.54) is 18.2 Å². The summed E-state index contributed by atoms with van der Waals surface area (Å²) in [4.78, 5) is 22.8. The van der Waals surface area contributed by atoms with Crippen molar-refractivity contribution in [3.63, 3.8) is 0 Å². The van der Waals surface area contributed by atoms with E-state index in [0.717, 1.165) is 12.8 Å². The molecule has 0 aliphatic heterocycles. The molecular formula is C11H13N3O3. The number of rotatable bonds is 3. The van der Waals surface area contributed by atoms with Gasteiger partial charge in [-0.1, -0.05) is 0 Å². The smallest absolute Gasteiger partial charge is 0.269 e. The normalized spacial score (nSPS) is 14.2. The first-order chi connectivity index (χ1) is 8.11. The third-order valence-corrected chi connectivity index (χ3v) is 2.59. The van der Waals surface area contributed by atoms with Crippen molar-refractivity contribution in [2.45, 2.75) is 12.8 Å². The molecule has 0 spiro atoms. The second kappa shape index (κ2) is 4.42. The van der Waals surface area contributed by atoms with Crippen molar-refractivity contribution >= 4 is 17.5 Å². The number of hydrazine groups is 1. The van der Waals surface area contributed by atoms with Crippen LogP contribution in [0.25, 0.3) is 0 Å². The third kappa shape index (κ3) is 2.54. The van der Waals surface area contributed by atoms with Crippen LogP contribution in [0.1, 0.15) is 23.2 Å². The zero-order chi connectivity index (χ0) is 12.4. The molecule has 1 saturated carbocycles. The Kier molecular flexibility index (Phi) is 2.97. The lowest BCUT2D eigenvalue weighted by Gasteiger charge is -2.07. The molecule has 2 rings (SSSR count). The summed E-state index contributed by atoms with van der Waals surface area (Å²) in [6.07, 6.45) is 1.81. The zero-order valence-electron chi connectivity index (χ0n) is 9.06. The SMILES string of the molecule is NNC(=O)c1cc(NC(=O)C2CC2)ccc1O. The average molecular weight is 235 g/mol. The van der Waals surface area contributed by atoms with E-state index in [9.17, 15) is 14.7 Å². The predicted molar refractivity (Wildman–Crippen MR) is 61.1 cm³/mol. The van der Waals surface area contributed by atoms with Gasteiger partial charge in [0.15, 0.2) is 0 Å². The molecule has 1 fully saturated rings. The molecule has 17 heavy (non-hydrogen) atoms. The van der Waals surface area contributed by atoms with Gasteiger partial charge < -0.3 is 10.4 Å². The van der Waals surface area contributed by atoms with Gasteiger partial charge in [0, 0.05) is 11.6 Å². The molecular weight excluding hydrogens is 222 g/mol. The van der Waals surface area contributed by atoms with Gasteiger partial charge in [0.1, 0.15) is 5.75 Å². The van der Waals surface area contributed by atoms with Gasteiger partial charge in [0.25, 0.3) is 5.91 Å². The van der Waals surface area contributed by atoms with Crippen molar-refractivity contribution in [3.05, 3.63) is 23.8 Å². The van der Waals surface area contributed by atoms with Crippen molar-refractivity contribution in [1.29, 1.82) is 0 Å². The van der Waals surface area contributed by atoms with Crippen molar-refractivity contribution in [2.75, 3.05) is 5.32 Å². The molecule has 2 amide bonds. The number of phenolic OH excluding ortho intramolecular Hbond substituents is 1. The van der Waals surface area contributed by atoms with Crippen LogP contribution in [-0.2, 0) is 4.79 Å². The maximum absolute atomic E-state index is 11.5. The summed E-state index contributed by atoms with van der Waals surface area (Å²) in [7, 11) is 0. The lowest BCUT2D eigenvalue weighted by molar-refractivity contribution is -0.117. The number of aromatic hydroxyl groups is 1. The van der Waals surface area contributed by atoms with Crippen LogP contribution in [0.15, 0.2) is 18.2 Å². The molecule has 1 aliphatic carbocycles. The quantitative estimate of drug-likeness (QED) is 0.262. The number of carbonyl (C=O) groups is 2. The first kappa shape index (κ1) is 11.4. The highest BCUT2D eigenvalue weighted by molar-refractivity contribution is 5.99. The van der Waals surface area contributed by atoms with Gasteiger partial charge in [-0.3, -0.25) is 15.0 Å². The maximum atomic E-state index is 11.5. The molecule has 1 aliphatic rings. The number of amides is 2. The van der Waals surface area contributed by atoms with E-state index >= 15 is 0 Å². The Morgan fingerprint density at radius 1 is 1.35 bits per heavy atom. The van der Waals surface area contributed by atoms with Gasteiger partial charge in [-0.05, 0) is 31.0 Å². The lowest BCUT2D eigenvalue weighted by Crippen LogP contribution is -2.30. The molecule has 0 heterocycles. The fourth-order valence-electron chi connectivity index (χ4n) is 1.46. The molecule has 0 unspecified atom stereocenters. The Morgan fingerprint density at radius 3 is 2.65 bits per heavy atom. The summed E-state index contributed by atoms with van der Waals surface area (Å²) in [5.41, 5.74) is 2.43. The van der Waals surface area contributed by atoms with Crippen molar-refractivity contribution in [1.82, 2.24) is 5.43 Å². The average Bonchev–Trinajstić information content (AvgIpc) is 3.14. The van der Waals surface area contributed by atoms with E-state index in [-0.39, 0.29) is 23.1 Å². The van der Waals surface area contributed by atoms with Crippen LogP contribution in [0.2, 0.25) is 0 Å². The summed E-state index contributed by atoms with van der Waals surface area (Å²) in [6.45, 7) is 0. The second-order valence-electron chi connectivity index (χ2n) is 3.97. The van der Waals surface area contributed by atoms with Crippen LogP contribution < -0.4 is 16.6 Å². The molecule has 6 nitrogen and oxygen atoms in total. The number of nitrogen functional groups attached to an aromatic ring is 1. The molecule has 90 valence electrons. The predicted octanol–water partition coefficient (Wildman–Crippen LogP) is 0.344. The first-order valence-corrected chi connectivity index (χ1v) is 5.26. The van der Waals surface area contributed by atoms with Gasteiger partial charge in [0.05, 0.1) is 5.56 Å². The number of nitrogens with two attached hydrogens (primary N) is 1. The maximum Gasteiger partial charge on any atom is 0.269 e. The summed E-state index contributed by atoms with van der Waals surface area (Å²) in [5, 5.41) is 12.1. The van der Waals surface area contributed by atoms with E-state index in [1.807, 2.05) is 5.43 Å². The topological polar surface area (TPSA) is 104 Å². The Labute approximate surface area is 97.8 Å². The number of carbonyl (C=O) groups excluding carboxylic acids is 2. The molecule has 1 aromatic carbocycles. The Hall–Kier alpha value is -2.08. The number of hydrogen-bond donors (Lipinski definition) is 4. The van der Waals surface area contributed by atoms with Crippen molar-refractivity contribution in [3.8, 4) is 5.75 Å². The molecule has 1 aromatic rings. The first-order valence-electron chi connectivity index (χ1n) is 5.26. The van der Waals surface area contributed by atoms with Gasteiger partial charge in [-0.2, -0.15) is 0 Å². The Bertz CT molecular complexity index is 469. The van der Waals surface area contributed by atoms with E-state index in [2.05, 4.69) is 5.32 Å². The third-order valence-electron chi connectivity index (χ3n) is 2.59. The Morgan fingerprint density at radius 2 is 2.06 bits per heavy atom. The van der Waals surface area contributed by atoms with Crippen LogP contribution in [0.5, 0.6) is 5.75 Å². The van der Waals surface area contributed by atoms with Gasteiger partial charge in [-0.25, -0.2) is 5.84 Å². The van der Waals surface area contributed by atoms with Crippen LogP contribution in [0, 0.1) is 5.92 Å². The Balaban J connectivity index is 2.17. The highest BCUT2D eigenvalue weighted by atomic mass is 16.3. The van der Waals surface area contributed by atoms with Crippen molar-refractivity contribution in [2.24, 2.45) is 11.8 Å². The standard InChI is InChI=1S/C11H13N3O3/c12-14-11(17)8-5-7(3-4-9(8)15)13-10(16)6-1-2-6/h3-6,15H,1-2,12H2,(H,13,16)(H,14,17). The number of phenols is 1. The van der Waals surface area contributed by atoms with Gasteiger partial charge in [-0.15, -0.1) is 0 Å². The van der Waals surface area contributed by atoms with Crippen LogP contribution in [-0.4, -0.2) is 16.9 Å². The fraction of sp³-hybridized carbons (Fsp3) is 0.273. The van der Waals surface area contributed by atoms with E-state index in [0.29, 0.717) is 5.69 Å². The molecule has 0 atom stereocenters. The minimum absolute atomic E-state index is 0.0288. The highest BCUT2D eigenvalue weighted by Gasteiger charge is 2.29. The molecule has 0 saturated heterocycles. The molecule has 0 aromatic heterocycles. The van der Waals surface area contributed by atoms with Gasteiger partial charge >= 0.3 is 0 Å². The minimum Gasteiger partial charge on any atom is -0.507 e. The zero-order valence-corrected chi connectivity index (χ0v) is 9.06. The number of benzene rings is 1. The molecule has 5 N–H and O–H groups in total. The van der Waals surface area contributed by atoms with E-state index in [4.69, 9.17) is 5.84 Å². The van der Waals surface area contributed by atoms with Gasteiger partial charge in [0.2, 0.25) is 5.91 Å². The summed E-state index contributed by atoms with van der Waals surface area (Å²) in [6, 6.07) is 4.26. The monoisotopic (exact) mass is 235 g/mol. The number of hydrogen-bond acceptors (Lipinski definition) is 4. The van der Waals surface area contributed by atoms with Crippen molar-refractivity contribution < 1.29 is 14.7 Å². The van der Waals surface area contributed by atoms with Crippen LogP contribution in [0.4, 0.5) is 5.69 Å². The molecule has 0 radical (unpaired) electrons. The highest BCUT2D eigenvalue weighted by Crippen LogP contribution is 2.30. The molecule has 6 heteroatoms. The van der Waals surface area contributed by atoms with Crippen LogP contribution >= 0.6 is 0 Å².